The average Bonchev–Trinajstić information content (AvgIpc) is 3.35. The molecule has 5 aliphatic heterocycles. The number of carbonyl (C=O) groups is 5. The lowest BCUT2D eigenvalue weighted by Crippen LogP contribution is -2.63. The number of piperidine rings is 2. The molecule has 51 heavy (non-hydrogen) atoms. The van der Waals surface area contributed by atoms with Crippen LogP contribution in [0.2, 0.25) is 0 Å². The number of nitrogens with one attached hydrogen (secondary N) is 2. The Labute approximate surface area is 295 Å². The summed E-state index contributed by atoms with van der Waals surface area (Å²) in [6.45, 7) is 9.32. The zero-order chi connectivity index (χ0) is 36.2. The Morgan fingerprint density at radius 1 is 0.902 bits per heavy atom. The number of hydrogen-bond donors (Lipinski definition) is 3. The van der Waals surface area contributed by atoms with Crippen LogP contribution < -0.4 is 26.2 Å². The van der Waals surface area contributed by atoms with Crippen LogP contribution in [0.25, 0.3) is 0 Å². The van der Waals surface area contributed by atoms with Gasteiger partial charge in [-0.25, -0.2) is 13.6 Å². The molecule has 4 saturated heterocycles. The van der Waals surface area contributed by atoms with E-state index in [0.29, 0.717) is 25.6 Å². The van der Waals surface area contributed by atoms with E-state index in [9.17, 15) is 24.0 Å². The number of carbonyl (C=O) groups excluding carboxylic acids is 5. The van der Waals surface area contributed by atoms with Crippen LogP contribution in [-0.4, -0.2) is 115 Å². The number of urea groups is 1. The maximum absolute atomic E-state index is 15.6. The van der Waals surface area contributed by atoms with Crippen molar-refractivity contribution in [2.75, 3.05) is 68.7 Å². The highest BCUT2D eigenvalue weighted by atomic mass is 19.1. The Hall–Kier alpha value is -4.63. The summed E-state index contributed by atoms with van der Waals surface area (Å²) >= 11 is 0. The van der Waals surface area contributed by atoms with Gasteiger partial charge in [-0.3, -0.25) is 34.3 Å². The lowest BCUT2D eigenvalue weighted by atomic mass is 9.86. The van der Waals surface area contributed by atoms with Crippen LogP contribution in [0.1, 0.15) is 65.8 Å². The Bertz CT molecular complexity index is 1780. The first kappa shape index (κ1) is 34.8. The maximum atomic E-state index is 15.6. The van der Waals surface area contributed by atoms with Gasteiger partial charge >= 0.3 is 6.03 Å². The van der Waals surface area contributed by atoms with E-state index in [1.807, 2.05) is 17.9 Å². The number of imide groups is 2. The predicted octanol–water partition coefficient (Wildman–Crippen LogP) is 1.99. The number of primary amides is 1. The molecule has 0 aliphatic carbocycles. The van der Waals surface area contributed by atoms with Crippen molar-refractivity contribution in [3.8, 4) is 0 Å². The Morgan fingerprint density at radius 2 is 1.61 bits per heavy atom. The third-order valence-corrected chi connectivity index (χ3v) is 11.4. The second-order valence-electron chi connectivity index (χ2n) is 14.7. The fraction of sp³-hybridized carbons (Fsp3) is 0.528. The van der Waals surface area contributed by atoms with E-state index in [-0.39, 0.29) is 47.8 Å². The quantitative estimate of drug-likeness (QED) is 0.384. The number of benzene rings is 2. The zero-order valence-electron chi connectivity index (χ0n) is 28.9. The highest BCUT2D eigenvalue weighted by molar-refractivity contribution is 6.23. The van der Waals surface area contributed by atoms with Gasteiger partial charge in [0.15, 0.2) is 0 Å². The van der Waals surface area contributed by atoms with Gasteiger partial charge in [0.05, 0.1) is 22.4 Å². The summed E-state index contributed by atoms with van der Waals surface area (Å²) in [5.74, 6) is -2.76. The molecular formula is C36H44F2N8O5. The Kier molecular flexibility index (Phi) is 9.21. The first-order valence-corrected chi connectivity index (χ1v) is 17.7. The first-order chi connectivity index (χ1) is 24.3. The van der Waals surface area contributed by atoms with Gasteiger partial charge in [0.2, 0.25) is 11.8 Å². The number of rotatable bonds is 6. The van der Waals surface area contributed by atoms with Crippen LogP contribution in [0.3, 0.4) is 0 Å². The van der Waals surface area contributed by atoms with Gasteiger partial charge in [-0.15, -0.1) is 0 Å². The molecule has 4 fully saturated rings. The van der Waals surface area contributed by atoms with Crippen molar-refractivity contribution in [3.05, 3.63) is 58.7 Å². The molecule has 7 rings (SSSR count). The molecule has 0 saturated carbocycles. The van der Waals surface area contributed by atoms with Gasteiger partial charge in [-0.1, -0.05) is 0 Å². The molecule has 0 radical (unpaired) electrons. The van der Waals surface area contributed by atoms with Gasteiger partial charge in [-0.05, 0) is 63.3 Å². The summed E-state index contributed by atoms with van der Waals surface area (Å²) in [5.41, 5.74) is 6.21. The molecule has 3 atom stereocenters. The van der Waals surface area contributed by atoms with E-state index in [1.54, 1.807) is 19.1 Å². The van der Waals surface area contributed by atoms with E-state index < -0.39 is 52.9 Å². The molecule has 0 aromatic heterocycles. The third kappa shape index (κ3) is 6.41. The van der Waals surface area contributed by atoms with Crippen LogP contribution >= 0.6 is 0 Å². The van der Waals surface area contributed by atoms with Crippen LogP contribution in [-0.2, 0) is 15.1 Å². The molecule has 6 amide bonds. The van der Waals surface area contributed by atoms with Gasteiger partial charge in [0, 0.05) is 88.7 Å². The second-order valence-corrected chi connectivity index (χ2v) is 14.7. The van der Waals surface area contributed by atoms with Gasteiger partial charge in [0.25, 0.3) is 11.8 Å². The number of anilines is 2. The van der Waals surface area contributed by atoms with Gasteiger partial charge in [0.1, 0.15) is 17.7 Å². The number of hydrogen-bond acceptors (Lipinski definition) is 9. The van der Waals surface area contributed by atoms with Crippen molar-refractivity contribution < 1.29 is 32.8 Å². The highest BCUT2D eigenvalue weighted by Crippen LogP contribution is 2.37. The molecular weight excluding hydrogens is 662 g/mol. The third-order valence-electron chi connectivity index (χ3n) is 11.4. The van der Waals surface area contributed by atoms with E-state index in [0.717, 1.165) is 56.2 Å². The van der Waals surface area contributed by atoms with Crippen molar-refractivity contribution in [2.45, 2.75) is 57.2 Å². The lowest BCUT2D eigenvalue weighted by Gasteiger charge is -2.47. The van der Waals surface area contributed by atoms with Gasteiger partial charge in [-0.2, -0.15) is 0 Å². The minimum Gasteiger partial charge on any atom is -0.369 e. The highest BCUT2D eigenvalue weighted by Gasteiger charge is 2.45. The van der Waals surface area contributed by atoms with E-state index in [1.165, 1.54) is 17.0 Å². The van der Waals surface area contributed by atoms with E-state index >= 15 is 8.78 Å². The number of nitrogens with two attached hydrogens (primary N) is 1. The van der Waals surface area contributed by atoms with Crippen molar-refractivity contribution in [1.82, 2.24) is 25.3 Å². The topological polar surface area (TPSA) is 152 Å². The molecule has 15 heteroatoms. The largest absolute Gasteiger partial charge is 0.369 e. The van der Waals surface area contributed by atoms with Crippen LogP contribution in [0.5, 0.6) is 0 Å². The van der Waals surface area contributed by atoms with Crippen molar-refractivity contribution >= 4 is 41.0 Å². The number of piperazine rings is 2. The van der Waals surface area contributed by atoms with Crippen LogP contribution in [0.4, 0.5) is 25.0 Å². The molecule has 2 aromatic carbocycles. The molecule has 4 N–H and O–H groups in total. The Morgan fingerprint density at radius 3 is 2.29 bits per heavy atom. The molecule has 272 valence electrons. The fourth-order valence-electron chi connectivity index (χ4n) is 8.34. The molecule has 2 aromatic rings. The fourth-order valence-corrected chi connectivity index (χ4v) is 8.34. The molecule has 5 aliphatic rings. The van der Waals surface area contributed by atoms with Crippen molar-refractivity contribution in [2.24, 2.45) is 11.7 Å². The molecule has 5 heterocycles. The number of nitrogens with zero attached hydrogens (tertiary/aromatic N) is 5. The normalized spacial score (nSPS) is 26.5. The SMILES string of the molecule is CC1CN(C(N)=O)C(C)(c2cc(F)c(N3CCC(CN4CCN(c5ccc6c(c5)C(=O)N(C5CCC(=O)NC5=O)C6=O)CC4)CC3)cc2F)CN1. The predicted molar refractivity (Wildman–Crippen MR) is 184 cm³/mol. The molecule has 13 nitrogen and oxygen atoms in total. The minimum atomic E-state index is -1.12. The number of fused-ring (bicyclic) bond motifs is 1. The summed E-state index contributed by atoms with van der Waals surface area (Å²) in [6.07, 6.45) is 1.86. The summed E-state index contributed by atoms with van der Waals surface area (Å²) in [6, 6.07) is 5.98. The summed E-state index contributed by atoms with van der Waals surface area (Å²) < 4.78 is 31.2. The number of halogens is 2. The average molecular weight is 707 g/mol. The van der Waals surface area contributed by atoms with Crippen molar-refractivity contribution in [3.63, 3.8) is 0 Å². The second kappa shape index (κ2) is 13.5. The maximum Gasteiger partial charge on any atom is 0.315 e. The van der Waals surface area contributed by atoms with Crippen LogP contribution in [0.15, 0.2) is 30.3 Å². The molecule has 0 bridgehead atoms. The zero-order valence-corrected chi connectivity index (χ0v) is 28.9. The van der Waals surface area contributed by atoms with Gasteiger partial charge < -0.3 is 25.8 Å². The summed E-state index contributed by atoms with van der Waals surface area (Å²) in [7, 11) is 0. The molecule has 3 unspecified atom stereocenters. The minimum absolute atomic E-state index is 0.0192. The standard InChI is InChI=1S/C36H44F2N8O5/c1-21-18-45(35(39)51)36(2,20-40-21)26-16-28(38)30(17-27(26)37)44-9-7-22(8-10-44)19-42-11-13-43(14-12-42)23-3-4-24-25(15-23)34(50)46(33(24)49)29-5-6-31(47)41-32(29)48/h3-4,15-17,21-22,29,40H,5-14,18-20H2,1-2H3,(H2,39,51)(H,41,47,48). The monoisotopic (exact) mass is 706 g/mol. The summed E-state index contributed by atoms with van der Waals surface area (Å²) in [5, 5.41) is 5.48. The van der Waals surface area contributed by atoms with Crippen LogP contribution in [0, 0.1) is 17.6 Å². The first-order valence-electron chi connectivity index (χ1n) is 17.7. The van der Waals surface area contributed by atoms with Crippen molar-refractivity contribution in [1.29, 1.82) is 0 Å². The van der Waals surface area contributed by atoms with E-state index in [2.05, 4.69) is 20.4 Å². The smallest absolute Gasteiger partial charge is 0.315 e. The summed E-state index contributed by atoms with van der Waals surface area (Å²) in [4.78, 5) is 71.4. The Balaban J connectivity index is 0.924. The number of amides is 6. The lowest BCUT2D eigenvalue weighted by molar-refractivity contribution is -0.136. The molecule has 0 spiro atoms. The van der Waals surface area contributed by atoms with E-state index in [4.69, 9.17) is 5.73 Å².